The normalized spacial score (nSPS) is 10.5. The van der Waals surface area contributed by atoms with Gasteiger partial charge in [0.1, 0.15) is 0 Å². The van der Waals surface area contributed by atoms with E-state index in [4.69, 9.17) is 5.26 Å². The van der Waals surface area contributed by atoms with Crippen molar-refractivity contribution in [1.29, 1.82) is 5.26 Å². The van der Waals surface area contributed by atoms with Crippen LogP contribution in [0, 0.1) is 18.3 Å². The van der Waals surface area contributed by atoms with E-state index in [1.54, 1.807) is 18.0 Å². The van der Waals surface area contributed by atoms with Crippen molar-refractivity contribution in [3.8, 4) is 6.07 Å². The second kappa shape index (κ2) is 9.50. The first-order chi connectivity index (χ1) is 15.5. The van der Waals surface area contributed by atoms with Gasteiger partial charge in [0.2, 0.25) is 5.91 Å². The Balaban J connectivity index is 1.63. The lowest BCUT2D eigenvalue weighted by Gasteiger charge is -2.15. The van der Waals surface area contributed by atoms with Gasteiger partial charge in [-0.15, -0.1) is 0 Å². The van der Waals surface area contributed by atoms with Gasteiger partial charge in [-0.05, 0) is 67.1 Å². The molecule has 1 amide bonds. The summed E-state index contributed by atoms with van der Waals surface area (Å²) >= 11 is 1.64. The highest BCUT2D eigenvalue weighted by Gasteiger charge is 2.10. The fraction of sp³-hybridized carbons (Fsp3) is 0.120. The minimum absolute atomic E-state index is 0.0887. The summed E-state index contributed by atoms with van der Waals surface area (Å²) in [5.74, 6) is -0.0887. The largest absolute Gasteiger partial charge is 0.354 e. The third kappa shape index (κ3) is 5.05. The summed E-state index contributed by atoms with van der Waals surface area (Å²) in [6.45, 7) is 3.55. The fourth-order valence-electron chi connectivity index (χ4n) is 3.27. The topological polar surface area (TPSA) is 90.7 Å². The molecule has 4 aromatic rings. The maximum absolute atomic E-state index is 11.2. The molecule has 0 fully saturated rings. The van der Waals surface area contributed by atoms with Crippen LogP contribution in [0.25, 0.3) is 11.0 Å². The van der Waals surface area contributed by atoms with Gasteiger partial charge in [0, 0.05) is 34.0 Å². The summed E-state index contributed by atoms with van der Waals surface area (Å²) in [5.41, 5.74) is 5.12. The van der Waals surface area contributed by atoms with Crippen LogP contribution in [0.1, 0.15) is 18.2 Å². The lowest BCUT2D eigenvalue weighted by atomic mass is 10.2. The smallest absolute Gasteiger partial charge is 0.221 e. The summed E-state index contributed by atoms with van der Waals surface area (Å²) in [6, 6.07) is 21.9. The molecule has 0 saturated carbocycles. The molecule has 0 unspecified atom stereocenters. The van der Waals surface area contributed by atoms with E-state index >= 15 is 0 Å². The van der Waals surface area contributed by atoms with E-state index in [-0.39, 0.29) is 12.3 Å². The van der Waals surface area contributed by atoms with Crippen LogP contribution in [0.4, 0.5) is 17.1 Å². The van der Waals surface area contributed by atoms with Crippen LogP contribution in [0.5, 0.6) is 0 Å². The van der Waals surface area contributed by atoms with Crippen molar-refractivity contribution in [1.82, 2.24) is 9.97 Å². The predicted octanol–water partition coefficient (Wildman–Crippen LogP) is 5.86. The Bertz CT molecular complexity index is 1330. The van der Waals surface area contributed by atoms with Crippen molar-refractivity contribution < 1.29 is 4.79 Å². The van der Waals surface area contributed by atoms with Gasteiger partial charge in [-0.25, -0.2) is 9.97 Å². The van der Waals surface area contributed by atoms with Crippen LogP contribution in [-0.4, -0.2) is 15.9 Å². The molecule has 4 rings (SSSR count). The fourth-order valence-corrected chi connectivity index (χ4v) is 4.15. The number of amides is 1. The maximum Gasteiger partial charge on any atom is 0.221 e. The molecule has 32 heavy (non-hydrogen) atoms. The minimum Gasteiger partial charge on any atom is -0.354 e. The Morgan fingerprint density at radius 1 is 1.06 bits per heavy atom. The third-order valence-corrected chi connectivity index (χ3v) is 5.81. The zero-order valence-corrected chi connectivity index (χ0v) is 18.5. The number of hydrogen-bond donors (Lipinski definition) is 2. The molecule has 2 N–H and O–H groups in total. The number of carbonyl (C=O) groups is 1. The Labute approximate surface area is 190 Å². The van der Waals surface area contributed by atoms with E-state index in [2.05, 4.69) is 51.8 Å². The summed E-state index contributed by atoms with van der Waals surface area (Å²) < 4.78 is 0. The molecule has 0 bridgehead atoms. The molecule has 0 aliphatic heterocycles. The highest BCUT2D eigenvalue weighted by Crippen LogP contribution is 2.37. The van der Waals surface area contributed by atoms with Crippen LogP contribution in [0.15, 0.2) is 76.7 Å². The molecule has 0 aliphatic carbocycles. The Morgan fingerprint density at radius 3 is 2.62 bits per heavy atom. The van der Waals surface area contributed by atoms with Gasteiger partial charge >= 0.3 is 0 Å². The molecule has 2 heterocycles. The lowest BCUT2D eigenvalue weighted by molar-refractivity contribution is -0.114. The molecule has 7 heteroatoms. The van der Waals surface area contributed by atoms with Crippen LogP contribution in [0.2, 0.25) is 0 Å². The van der Waals surface area contributed by atoms with Gasteiger partial charge in [-0.3, -0.25) is 4.79 Å². The number of hydrogen-bond acceptors (Lipinski definition) is 6. The zero-order valence-electron chi connectivity index (χ0n) is 17.7. The van der Waals surface area contributed by atoms with Crippen molar-refractivity contribution in [2.75, 3.05) is 10.6 Å². The molecule has 2 aromatic heterocycles. The molecule has 0 spiro atoms. The van der Waals surface area contributed by atoms with Gasteiger partial charge in [0.15, 0.2) is 5.65 Å². The van der Waals surface area contributed by atoms with E-state index < -0.39 is 0 Å². The molecule has 0 saturated heterocycles. The molecule has 2 aromatic carbocycles. The number of aromatic nitrogens is 2. The Morgan fingerprint density at radius 2 is 1.88 bits per heavy atom. The molecule has 6 nitrogen and oxygen atoms in total. The number of pyridine rings is 2. The quantitative estimate of drug-likeness (QED) is 0.391. The second-order valence-electron chi connectivity index (χ2n) is 7.30. The van der Waals surface area contributed by atoms with Crippen LogP contribution in [0.3, 0.4) is 0 Å². The highest BCUT2D eigenvalue weighted by atomic mass is 32.2. The first kappa shape index (κ1) is 21.3. The van der Waals surface area contributed by atoms with E-state index in [1.165, 1.54) is 6.92 Å². The number of rotatable bonds is 6. The molecule has 0 atom stereocenters. The van der Waals surface area contributed by atoms with E-state index in [9.17, 15) is 4.79 Å². The minimum atomic E-state index is -0.0887. The number of nitrogens with one attached hydrogen (secondary N) is 2. The van der Waals surface area contributed by atoms with Crippen LogP contribution in [-0.2, 0) is 11.2 Å². The molecular weight excluding hydrogens is 418 g/mol. The van der Waals surface area contributed by atoms with Gasteiger partial charge in [-0.1, -0.05) is 17.8 Å². The molecule has 0 radical (unpaired) electrons. The van der Waals surface area contributed by atoms with Gasteiger partial charge < -0.3 is 10.6 Å². The number of fused-ring (bicyclic) bond motifs is 1. The molecular formula is C25H21N5OS. The number of nitrogens with zero attached hydrogens (tertiary/aromatic N) is 3. The first-order valence-corrected chi connectivity index (χ1v) is 10.9. The number of anilines is 3. The van der Waals surface area contributed by atoms with Crippen LogP contribution >= 0.6 is 11.8 Å². The highest BCUT2D eigenvalue weighted by molar-refractivity contribution is 7.99. The average molecular weight is 440 g/mol. The predicted molar refractivity (Wildman–Crippen MR) is 128 cm³/mol. The summed E-state index contributed by atoms with van der Waals surface area (Å²) in [7, 11) is 0. The summed E-state index contributed by atoms with van der Waals surface area (Å²) in [5, 5.41) is 16.2. The van der Waals surface area contributed by atoms with Crippen molar-refractivity contribution in [2.45, 2.75) is 30.1 Å². The van der Waals surface area contributed by atoms with Gasteiger partial charge in [-0.2, -0.15) is 5.26 Å². The van der Waals surface area contributed by atoms with Crippen molar-refractivity contribution in [3.05, 3.63) is 78.1 Å². The first-order valence-electron chi connectivity index (χ1n) is 10.1. The van der Waals surface area contributed by atoms with Crippen LogP contribution < -0.4 is 10.6 Å². The molecule has 158 valence electrons. The zero-order chi connectivity index (χ0) is 22.5. The van der Waals surface area contributed by atoms with Gasteiger partial charge in [0.05, 0.1) is 29.6 Å². The number of aryl methyl sites for hydroxylation is 1. The van der Waals surface area contributed by atoms with Crippen molar-refractivity contribution in [3.63, 3.8) is 0 Å². The Hall–Kier alpha value is -3.89. The number of nitriles is 1. The third-order valence-electron chi connectivity index (χ3n) is 4.73. The van der Waals surface area contributed by atoms with Crippen molar-refractivity contribution >= 4 is 45.8 Å². The SMILES string of the molecule is CC(=O)Nc1ccc(Sc2ccc(C)cc2Nc2ccnc3nc(CC#N)ccc23)cc1. The summed E-state index contributed by atoms with van der Waals surface area (Å²) in [6.07, 6.45) is 1.98. The van der Waals surface area contributed by atoms with Crippen molar-refractivity contribution in [2.24, 2.45) is 0 Å². The van der Waals surface area contributed by atoms with Gasteiger partial charge in [0.25, 0.3) is 0 Å². The maximum atomic E-state index is 11.2. The average Bonchev–Trinajstić information content (AvgIpc) is 2.77. The number of carbonyl (C=O) groups excluding carboxylic acids is 1. The second-order valence-corrected chi connectivity index (χ2v) is 8.41. The lowest BCUT2D eigenvalue weighted by Crippen LogP contribution is -2.05. The molecule has 0 aliphatic rings. The Kier molecular flexibility index (Phi) is 6.34. The van der Waals surface area contributed by atoms with E-state index in [0.29, 0.717) is 11.3 Å². The monoisotopic (exact) mass is 439 g/mol. The van der Waals surface area contributed by atoms with E-state index in [0.717, 1.165) is 37.8 Å². The standard InChI is InChI=1S/C25H21N5OS/c1-16-3-10-24(32-20-7-4-18(5-8-20)28-17(2)31)23(15-16)30-22-12-14-27-25-21(22)9-6-19(29-25)11-13-26/h3-10,12,14-15H,11H2,1-2H3,(H,28,31)(H,27,29,30). The number of benzene rings is 2. The summed E-state index contributed by atoms with van der Waals surface area (Å²) in [4.78, 5) is 22.2. The van der Waals surface area contributed by atoms with E-state index in [1.807, 2.05) is 42.5 Å².